The molecule has 4 aromatic rings. The number of thioether (sulfide) groups is 1. The fraction of sp³-hybridized carbons (Fsp3) is 0.118. The van der Waals surface area contributed by atoms with Crippen LogP contribution in [-0.2, 0) is 12.8 Å². The molecular weight excluding hydrogens is 376 g/mol. The van der Waals surface area contributed by atoms with Crippen molar-refractivity contribution in [3.63, 3.8) is 0 Å². The zero-order chi connectivity index (χ0) is 17.2. The van der Waals surface area contributed by atoms with Gasteiger partial charge in [0, 0.05) is 23.7 Å². The highest BCUT2D eigenvalue weighted by Crippen LogP contribution is 2.29. The Balaban J connectivity index is 1.46. The Bertz CT molecular complexity index is 977. The first-order chi connectivity index (χ1) is 12.2. The van der Waals surface area contributed by atoms with E-state index in [4.69, 9.17) is 16.1 Å². The molecule has 0 N–H and O–H groups in total. The Morgan fingerprint density at radius 3 is 2.80 bits per heavy atom. The largest absolute Gasteiger partial charge is 0.360 e. The topological polar surface area (TPSA) is 56.7 Å². The molecule has 126 valence electrons. The molecule has 0 fully saturated rings. The van der Waals surface area contributed by atoms with E-state index in [-0.39, 0.29) is 0 Å². The molecular formula is C17H13ClN4OS2. The van der Waals surface area contributed by atoms with Crippen LogP contribution >= 0.6 is 34.7 Å². The lowest BCUT2D eigenvalue weighted by Gasteiger charge is -2.00. The first kappa shape index (κ1) is 16.4. The molecule has 0 radical (unpaired) electrons. The van der Waals surface area contributed by atoms with Crippen LogP contribution < -0.4 is 0 Å². The SMILES string of the molecule is Cn1c(SCc2cc(-c3ccc(Cl)cc3)no2)nnc1-c1cccs1. The summed E-state index contributed by atoms with van der Waals surface area (Å²) < 4.78 is 7.42. The van der Waals surface area contributed by atoms with Crippen LogP contribution in [0.4, 0.5) is 0 Å². The van der Waals surface area contributed by atoms with Crippen molar-refractivity contribution in [1.29, 1.82) is 0 Å². The standard InChI is InChI=1S/C17H13ClN4OS2/c1-22-16(15-3-2-8-24-15)19-20-17(22)25-10-13-9-14(21-23-13)11-4-6-12(18)7-5-11/h2-9H,10H2,1H3. The minimum absolute atomic E-state index is 0.636. The van der Waals surface area contributed by atoms with Gasteiger partial charge in [0.1, 0.15) is 11.5 Å². The van der Waals surface area contributed by atoms with Crippen molar-refractivity contribution in [3.8, 4) is 22.0 Å². The molecule has 3 heterocycles. The quantitative estimate of drug-likeness (QED) is 0.443. The van der Waals surface area contributed by atoms with Crippen molar-refractivity contribution in [2.45, 2.75) is 10.9 Å². The molecule has 5 nitrogen and oxygen atoms in total. The summed E-state index contributed by atoms with van der Waals surface area (Å²) in [7, 11) is 1.97. The van der Waals surface area contributed by atoms with E-state index in [9.17, 15) is 0 Å². The van der Waals surface area contributed by atoms with E-state index in [1.165, 1.54) is 0 Å². The molecule has 0 amide bonds. The Morgan fingerprint density at radius 2 is 2.04 bits per heavy atom. The fourth-order valence-electron chi connectivity index (χ4n) is 2.33. The molecule has 0 aliphatic heterocycles. The van der Waals surface area contributed by atoms with Crippen molar-refractivity contribution < 1.29 is 4.52 Å². The highest BCUT2D eigenvalue weighted by atomic mass is 35.5. The van der Waals surface area contributed by atoms with Crippen LogP contribution in [0.2, 0.25) is 5.02 Å². The van der Waals surface area contributed by atoms with Gasteiger partial charge in [-0.25, -0.2) is 0 Å². The van der Waals surface area contributed by atoms with Crippen molar-refractivity contribution in [2.24, 2.45) is 7.05 Å². The number of rotatable bonds is 5. The summed E-state index contributed by atoms with van der Waals surface area (Å²) in [6, 6.07) is 13.5. The number of thiophene rings is 1. The van der Waals surface area contributed by atoms with Gasteiger partial charge in [-0.1, -0.05) is 46.7 Å². The summed E-state index contributed by atoms with van der Waals surface area (Å²) in [5.41, 5.74) is 1.77. The van der Waals surface area contributed by atoms with Gasteiger partial charge in [-0.3, -0.25) is 0 Å². The van der Waals surface area contributed by atoms with Gasteiger partial charge in [0.05, 0.1) is 10.6 Å². The first-order valence-corrected chi connectivity index (χ1v) is 9.72. The number of halogens is 1. The van der Waals surface area contributed by atoms with Crippen LogP contribution in [0.1, 0.15) is 5.76 Å². The fourth-order valence-corrected chi connectivity index (χ4v) is 3.99. The lowest BCUT2D eigenvalue weighted by atomic mass is 10.1. The molecule has 0 aliphatic carbocycles. The Morgan fingerprint density at radius 1 is 1.20 bits per heavy atom. The average molecular weight is 389 g/mol. The van der Waals surface area contributed by atoms with E-state index in [0.29, 0.717) is 10.8 Å². The lowest BCUT2D eigenvalue weighted by Crippen LogP contribution is -1.93. The molecule has 0 bridgehead atoms. The van der Waals surface area contributed by atoms with Crippen LogP contribution in [0, 0.1) is 0 Å². The highest BCUT2D eigenvalue weighted by molar-refractivity contribution is 7.98. The first-order valence-electron chi connectivity index (χ1n) is 7.48. The summed E-state index contributed by atoms with van der Waals surface area (Å²) in [4.78, 5) is 1.10. The molecule has 0 spiro atoms. The molecule has 0 unspecified atom stereocenters. The molecule has 4 rings (SSSR count). The molecule has 1 aromatic carbocycles. The van der Waals surface area contributed by atoms with Crippen LogP contribution in [0.15, 0.2) is 57.5 Å². The smallest absolute Gasteiger partial charge is 0.191 e. The maximum absolute atomic E-state index is 5.91. The molecule has 0 atom stereocenters. The lowest BCUT2D eigenvalue weighted by molar-refractivity contribution is 0.397. The molecule has 8 heteroatoms. The van der Waals surface area contributed by atoms with Crippen LogP contribution in [0.5, 0.6) is 0 Å². The van der Waals surface area contributed by atoms with Crippen LogP contribution in [0.3, 0.4) is 0 Å². The van der Waals surface area contributed by atoms with Gasteiger partial charge in [-0.2, -0.15) is 0 Å². The zero-order valence-corrected chi connectivity index (χ0v) is 15.6. The second kappa shape index (κ2) is 7.03. The molecule has 0 aliphatic rings. The maximum atomic E-state index is 5.91. The second-order valence-corrected chi connectivity index (χ2v) is 7.64. The van der Waals surface area contributed by atoms with Crippen molar-refractivity contribution in [3.05, 3.63) is 58.6 Å². The summed E-state index contributed by atoms with van der Waals surface area (Å²) >= 11 is 9.13. The maximum Gasteiger partial charge on any atom is 0.191 e. The number of nitrogens with zero attached hydrogens (tertiary/aromatic N) is 4. The van der Waals surface area contributed by atoms with Gasteiger partial charge in [-0.15, -0.1) is 21.5 Å². The second-order valence-electron chi connectivity index (χ2n) is 5.32. The normalized spacial score (nSPS) is 11.1. The van der Waals surface area contributed by atoms with E-state index in [1.54, 1.807) is 23.1 Å². The number of hydrogen-bond donors (Lipinski definition) is 0. The number of benzene rings is 1. The van der Waals surface area contributed by atoms with Crippen molar-refractivity contribution in [2.75, 3.05) is 0 Å². The van der Waals surface area contributed by atoms with Gasteiger partial charge in [0.25, 0.3) is 0 Å². The summed E-state index contributed by atoms with van der Waals surface area (Å²) in [6.07, 6.45) is 0. The van der Waals surface area contributed by atoms with Crippen LogP contribution in [-0.4, -0.2) is 19.9 Å². The predicted octanol–water partition coefficient (Wildman–Crippen LogP) is 5.14. The van der Waals surface area contributed by atoms with E-state index in [0.717, 1.165) is 32.9 Å². The number of aromatic nitrogens is 4. The Labute approximate surface area is 157 Å². The van der Waals surface area contributed by atoms with E-state index in [1.807, 2.05) is 59.5 Å². The van der Waals surface area contributed by atoms with Gasteiger partial charge < -0.3 is 9.09 Å². The van der Waals surface area contributed by atoms with E-state index < -0.39 is 0 Å². The molecule has 0 saturated carbocycles. The van der Waals surface area contributed by atoms with E-state index in [2.05, 4.69) is 15.4 Å². The molecule has 25 heavy (non-hydrogen) atoms. The third-order valence-corrected chi connectivity index (χ3v) is 5.78. The van der Waals surface area contributed by atoms with Gasteiger partial charge in [0.2, 0.25) is 0 Å². The monoisotopic (exact) mass is 388 g/mol. The van der Waals surface area contributed by atoms with E-state index >= 15 is 0 Å². The summed E-state index contributed by atoms with van der Waals surface area (Å²) in [5, 5.41) is 16.2. The minimum atomic E-state index is 0.636. The van der Waals surface area contributed by atoms with Gasteiger partial charge in [0.15, 0.2) is 11.0 Å². The van der Waals surface area contributed by atoms with Gasteiger partial charge >= 0.3 is 0 Å². The zero-order valence-electron chi connectivity index (χ0n) is 13.2. The average Bonchev–Trinajstić information content (AvgIpc) is 3.34. The highest BCUT2D eigenvalue weighted by Gasteiger charge is 2.13. The third kappa shape index (κ3) is 3.49. The third-order valence-electron chi connectivity index (χ3n) is 3.62. The minimum Gasteiger partial charge on any atom is -0.360 e. The summed E-state index contributed by atoms with van der Waals surface area (Å²) in [6.45, 7) is 0. The number of hydrogen-bond acceptors (Lipinski definition) is 6. The van der Waals surface area contributed by atoms with Crippen LogP contribution in [0.25, 0.3) is 22.0 Å². The Kier molecular flexibility index (Phi) is 4.61. The molecule has 0 saturated heterocycles. The summed E-state index contributed by atoms with van der Waals surface area (Å²) in [5.74, 6) is 2.30. The van der Waals surface area contributed by atoms with Gasteiger partial charge in [-0.05, 0) is 23.6 Å². The predicted molar refractivity (Wildman–Crippen MR) is 101 cm³/mol. The van der Waals surface area contributed by atoms with Crippen molar-refractivity contribution in [1.82, 2.24) is 19.9 Å². The van der Waals surface area contributed by atoms with Crippen molar-refractivity contribution >= 4 is 34.7 Å². The Hall–Kier alpha value is -2.09. The molecule has 3 aromatic heterocycles.